The predicted octanol–water partition coefficient (Wildman–Crippen LogP) is 21.6. The number of pyridine rings is 4. The number of halogens is 8. The number of aromatic nitrogens is 20. The lowest BCUT2D eigenvalue weighted by molar-refractivity contribution is -0.122. The van der Waals surface area contributed by atoms with Crippen molar-refractivity contribution in [2.45, 2.75) is 180 Å². The molecule has 4 aromatic carbocycles. The molecule has 35 nitrogen and oxygen atoms in total. The number of benzene rings is 4. The second-order valence-corrected chi connectivity index (χ2v) is 44.2. The Balaban J connectivity index is 0.000000128. The molecule has 148 heavy (non-hydrogen) atoms. The molecule has 1 amide bonds. The van der Waals surface area contributed by atoms with Crippen molar-refractivity contribution in [2.75, 3.05) is 73.1 Å². The Kier molecular flexibility index (Phi) is 32.5. The molecule has 7 N–H and O–H groups in total. The summed E-state index contributed by atoms with van der Waals surface area (Å²) in [6, 6.07) is 29.4. The highest BCUT2D eigenvalue weighted by atomic mass is 35.5. The lowest BCUT2D eigenvalue weighted by Gasteiger charge is -2.25. The Morgan fingerprint density at radius 3 is 1.06 bits per heavy atom. The monoisotopic (exact) mass is 2180 g/mol. The third-order valence-electron chi connectivity index (χ3n) is 26.2. The number of carbonyl (C=O) groups excluding carboxylic acids is 2. The van der Waals surface area contributed by atoms with Crippen molar-refractivity contribution >= 4 is 186 Å². The number of nitrogen functional groups attached to an aromatic ring is 1. The summed E-state index contributed by atoms with van der Waals surface area (Å²) in [6.45, 7) is 10.5. The van der Waals surface area contributed by atoms with Gasteiger partial charge in [0, 0.05) is 136 Å². The van der Waals surface area contributed by atoms with Gasteiger partial charge in [0.2, 0.25) is 5.91 Å². The molecule has 6 fully saturated rings. The van der Waals surface area contributed by atoms with Gasteiger partial charge in [0.15, 0.2) is 42.3 Å². The maximum atomic E-state index is 13.6. The quantitative estimate of drug-likeness (QED) is 0.0182. The van der Waals surface area contributed by atoms with Crippen LogP contribution in [-0.4, -0.2) is 188 Å². The van der Waals surface area contributed by atoms with Crippen LogP contribution < -0.4 is 27.4 Å². The molecule has 6 unspecified atom stereocenters. The summed E-state index contributed by atoms with van der Waals surface area (Å²) in [4.78, 5) is 78.5. The first-order chi connectivity index (χ1) is 70.6. The Morgan fingerprint density at radius 1 is 0.419 bits per heavy atom. The Morgan fingerprint density at radius 2 is 0.736 bits per heavy atom. The van der Waals surface area contributed by atoms with E-state index in [0.717, 1.165) is 191 Å². The van der Waals surface area contributed by atoms with Crippen molar-refractivity contribution < 1.29 is 62.9 Å². The number of nitrogens with two attached hydrogens (primary N) is 2. The van der Waals surface area contributed by atoms with Gasteiger partial charge in [-0.05, 0) is 178 Å². The molecule has 16 aromatic rings. The number of carbonyl (C=O) groups is 2. The van der Waals surface area contributed by atoms with Crippen LogP contribution in [0.1, 0.15) is 144 Å². The number of imidazole rings is 8. The van der Waals surface area contributed by atoms with E-state index < -0.39 is 61.5 Å². The number of alkyl halides is 4. The number of thioether (sulfide) groups is 2. The van der Waals surface area contributed by atoms with Crippen LogP contribution in [0.2, 0.25) is 20.5 Å². The second-order valence-electron chi connectivity index (χ2n) is 37.0. The number of sulfone groups is 2. The van der Waals surface area contributed by atoms with Crippen LogP contribution in [0.4, 0.5) is 57.4 Å². The molecule has 4 aliphatic heterocycles. The summed E-state index contributed by atoms with van der Waals surface area (Å²) >= 11 is 28.3. The molecule has 22 rings (SSSR count). The SMILES string of the molecule is CSc1cc(-c2cncn2C)ccc1N.CSc1cc(-c2cncn2C)ccc1Nc1cc(Cl)nc2c1nc(C)n2C1CCCCO1.Cc1nc2c(Cl)cc(Cl)nc2n1C1CCCCO1.Cc1nc2c(Nc3ccc(-c4cncn4C)cc3S(C)(=O)=O)cc(CC(=O)C3CC3(F)F)nc2n1C1CCCCO1.Cc1nc2c(Nc3ccc(-c4cncn4C)cc3S(C)(=O)=O)cc(Cl)nc2n1C1CCCCO1.NC(=O)C1CC1(F)F. The van der Waals surface area contributed by atoms with Gasteiger partial charge in [0.1, 0.15) is 97.4 Å². The molecule has 0 spiro atoms. The van der Waals surface area contributed by atoms with E-state index in [9.17, 15) is 44.0 Å². The highest BCUT2D eigenvalue weighted by Crippen LogP contribution is 2.51. The average Bonchev–Trinajstić information content (AvgIpc) is 1.59. The van der Waals surface area contributed by atoms with Gasteiger partial charge in [-0.3, -0.25) is 27.9 Å². The summed E-state index contributed by atoms with van der Waals surface area (Å²) in [6.07, 6.45) is 30.8. The van der Waals surface area contributed by atoms with E-state index in [1.807, 2.05) is 133 Å². The molecule has 6 aliphatic rings. The van der Waals surface area contributed by atoms with Gasteiger partial charge >= 0.3 is 0 Å². The van der Waals surface area contributed by atoms with Gasteiger partial charge in [0.25, 0.3) is 11.8 Å². The highest BCUT2D eigenvalue weighted by Gasteiger charge is 2.61. The lowest BCUT2D eigenvalue weighted by Crippen LogP contribution is -2.20. The van der Waals surface area contributed by atoms with E-state index in [4.69, 9.17) is 86.0 Å². The van der Waals surface area contributed by atoms with Gasteiger partial charge in [-0.1, -0.05) is 70.7 Å². The molecule has 2 saturated carbocycles. The smallest absolute Gasteiger partial charge is 0.260 e. The minimum Gasteiger partial charge on any atom is -0.398 e. The van der Waals surface area contributed by atoms with E-state index in [2.05, 4.69) is 102 Å². The molecule has 6 atom stereocenters. The molecule has 0 radical (unpaired) electrons. The zero-order valence-electron chi connectivity index (χ0n) is 83.1. The predicted molar refractivity (Wildman–Crippen MR) is 567 cm³/mol. The maximum Gasteiger partial charge on any atom is 0.260 e. The lowest BCUT2D eigenvalue weighted by atomic mass is 10.1. The van der Waals surface area contributed by atoms with E-state index in [-0.39, 0.29) is 58.4 Å². The van der Waals surface area contributed by atoms with Crippen LogP contribution in [0, 0.1) is 39.5 Å². The first kappa shape index (κ1) is 107. The van der Waals surface area contributed by atoms with Gasteiger partial charge in [-0.2, -0.15) is 0 Å². The maximum absolute atomic E-state index is 13.6. The number of nitrogens with one attached hydrogen (secondary N) is 3. The zero-order chi connectivity index (χ0) is 105. The number of aryl methyl sites for hydroxylation is 8. The van der Waals surface area contributed by atoms with Crippen LogP contribution in [-0.2, 0) is 82.8 Å². The van der Waals surface area contributed by atoms with Crippen molar-refractivity contribution in [3.63, 3.8) is 0 Å². The Bertz CT molecular complexity index is 7900. The van der Waals surface area contributed by atoms with Crippen LogP contribution in [0.3, 0.4) is 0 Å². The van der Waals surface area contributed by atoms with E-state index in [0.29, 0.717) is 96.2 Å². The van der Waals surface area contributed by atoms with Gasteiger partial charge in [-0.15, -0.1) is 23.5 Å². The van der Waals surface area contributed by atoms with Gasteiger partial charge in [-0.25, -0.2) is 94.2 Å². The molecule has 47 heteroatoms. The number of ketones is 1. The van der Waals surface area contributed by atoms with Crippen molar-refractivity contribution in [1.29, 1.82) is 0 Å². The van der Waals surface area contributed by atoms with E-state index >= 15 is 0 Å². The second kappa shape index (κ2) is 45.0. The normalized spacial score (nSPS) is 18.4. The highest BCUT2D eigenvalue weighted by molar-refractivity contribution is 7.99. The molecule has 4 saturated heterocycles. The molecular weight excluding hydrogens is 2070 g/mol. The summed E-state index contributed by atoms with van der Waals surface area (Å²) in [5.41, 5.74) is 27.5. The Labute approximate surface area is 879 Å². The number of anilines is 7. The summed E-state index contributed by atoms with van der Waals surface area (Å²) in [7, 11) is 0.419. The topological polar surface area (TPSA) is 422 Å². The third-order valence-corrected chi connectivity index (χ3v) is 30.9. The molecule has 16 heterocycles. The average molecular weight is 2180 g/mol. The number of primary amides is 1. The molecule has 12 aromatic heterocycles. The number of hydrogen-bond acceptors (Lipinski definition) is 28. The molecule has 780 valence electrons. The van der Waals surface area contributed by atoms with Crippen LogP contribution >= 0.6 is 69.9 Å². The minimum absolute atomic E-state index is 0.00853. The van der Waals surface area contributed by atoms with Crippen molar-refractivity contribution in [2.24, 2.45) is 45.8 Å². The number of rotatable bonds is 22. The number of hydrogen-bond donors (Lipinski definition) is 5. The largest absolute Gasteiger partial charge is 0.398 e. The van der Waals surface area contributed by atoms with Crippen LogP contribution in [0.15, 0.2) is 167 Å². The van der Waals surface area contributed by atoms with Crippen LogP contribution in [0.5, 0.6) is 0 Å². The summed E-state index contributed by atoms with van der Waals surface area (Å²) in [5, 5.41) is 11.6. The van der Waals surface area contributed by atoms with Gasteiger partial charge < -0.3 is 64.6 Å². The number of amides is 1. The summed E-state index contributed by atoms with van der Waals surface area (Å²) in [5.74, 6) is -6.60. The van der Waals surface area contributed by atoms with Crippen molar-refractivity contribution in [1.82, 2.24) is 96.3 Å². The number of Topliss-reactive ketones (excluding diaryl/α,β-unsaturated/α-hetero) is 1. The van der Waals surface area contributed by atoms with Crippen molar-refractivity contribution in [3.8, 4) is 45.0 Å². The summed E-state index contributed by atoms with van der Waals surface area (Å²) < 4.78 is 141. The van der Waals surface area contributed by atoms with E-state index in [1.54, 1.807) is 108 Å². The molecule has 0 bridgehead atoms. The number of ether oxygens (including phenoxy) is 4. The number of fused-ring (bicyclic) bond motifs is 4. The van der Waals surface area contributed by atoms with Crippen LogP contribution in [0.25, 0.3) is 89.7 Å². The first-order valence-corrected chi connectivity index (χ1v) is 55.6. The fourth-order valence-electron chi connectivity index (χ4n) is 18.4. The fourth-order valence-corrected chi connectivity index (χ4v) is 22.2. The molecule has 2 aliphatic carbocycles. The van der Waals surface area contributed by atoms with E-state index in [1.165, 1.54) is 6.26 Å². The number of nitrogens with zero attached hydrogens (tertiary/aromatic N) is 20. The Hall–Kier alpha value is -12.1. The zero-order valence-corrected chi connectivity index (χ0v) is 89.4. The molecular formula is C101H111Cl4F4N25O10S4. The minimum atomic E-state index is -3.69. The van der Waals surface area contributed by atoms with Crippen molar-refractivity contribution in [3.05, 3.63) is 197 Å². The first-order valence-electron chi connectivity index (χ1n) is 47.8. The standard InChI is InChI=1S/C28H30F2N6O4S.C23H25ClN6O3S.C23H25ClN6OS.C12H13Cl2N3O.C11H13N3S.C4H5F2NO/c1-16-32-26-21(34-20-8-7-17(10-24(20)41(3,38)39)22-14-31-15-35(22)2)11-18(12-23(37)19-13-28(19,29)30)33-27(26)36(16)25-6-4-5-9-40-25;1-14-26-22-17(11-20(24)28-23(22)30(14)21-6-4-5-9-33-21)27-16-8-7-15(10-19(16)34(3,31)32)18-12-25-13-29(18)2;1-14-26-22-17(11-20(24)28-23(22)30(14)21-6-4-5-9-31-21)27-16-8-7-15(10-19(16)32-3)18-12-25-13-29(18)2;1-7-15-11-8(13)6-9(14)16-12(11)17(7)10-4-2-3-5-18-10;1-14-7-13-6-10(14)8-3-4-9(12)11(5-8)15-2;5-4(6)1-2(4)3(7)8/h7-8,10-11,14-15,19,25H,4-6,9,12-13H2,1-3H3,(H,33,34);7-8,10-13,21H,4-6,9H2,1-3H3,(H,27,28);7-8,10-13,21H,4-6,9H2,1-3H3,(H,27,28);6,10H,2-5H2,1H3;3-7H,12H2,1-2H3;2H,1H2,(H2,7,8). The third kappa shape index (κ3) is 24.0. The van der Waals surface area contributed by atoms with Gasteiger partial charge in [0.05, 0.1) is 133 Å². The fraction of sp³-hybridized carbons (Fsp3) is 0.386.